The third kappa shape index (κ3) is 11.2. The maximum absolute atomic E-state index is 13.4. The van der Waals surface area contributed by atoms with Crippen LogP contribution in [0.4, 0.5) is 11.4 Å². The second-order valence-electron chi connectivity index (χ2n) is 14.2. The molecule has 5 aromatic rings. The molecular formula is C44H51N5O3S3. The maximum Gasteiger partial charge on any atom is 0.264 e. The number of piperazine rings is 1. The first-order valence-corrected chi connectivity index (χ1v) is 22.3. The molecule has 1 aliphatic heterocycles. The molecule has 0 spiro atoms. The van der Waals surface area contributed by atoms with Crippen molar-refractivity contribution in [3.63, 3.8) is 0 Å². The Hall–Kier alpha value is -4.26. The van der Waals surface area contributed by atoms with E-state index in [0.29, 0.717) is 5.56 Å². The van der Waals surface area contributed by atoms with Crippen molar-refractivity contribution in [2.45, 2.75) is 40.6 Å². The molecule has 1 saturated heterocycles. The molecule has 1 fully saturated rings. The van der Waals surface area contributed by atoms with E-state index in [2.05, 4.69) is 106 Å². The number of rotatable bonds is 16. The van der Waals surface area contributed by atoms with E-state index in [9.17, 15) is 13.2 Å². The molecule has 0 aromatic heterocycles. The lowest BCUT2D eigenvalue weighted by molar-refractivity contribution is 0.0981. The van der Waals surface area contributed by atoms with Crippen molar-refractivity contribution in [2.24, 2.45) is 0 Å². The Labute approximate surface area is 335 Å². The smallest absolute Gasteiger partial charge is 0.264 e. The van der Waals surface area contributed by atoms with Crippen molar-refractivity contribution in [3.05, 3.63) is 138 Å². The minimum atomic E-state index is -4.08. The van der Waals surface area contributed by atoms with E-state index >= 15 is 0 Å². The van der Waals surface area contributed by atoms with Gasteiger partial charge in [-0.1, -0.05) is 54.6 Å². The van der Waals surface area contributed by atoms with E-state index in [1.165, 1.54) is 26.5 Å². The number of sulfonamides is 1. The lowest BCUT2D eigenvalue weighted by Gasteiger charge is -2.36. The van der Waals surface area contributed by atoms with Gasteiger partial charge in [-0.25, -0.2) is 13.1 Å². The third-order valence-corrected chi connectivity index (χ3v) is 13.1. The predicted octanol–water partition coefficient (Wildman–Crippen LogP) is 8.35. The van der Waals surface area contributed by atoms with Gasteiger partial charge in [-0.2, -0.15) is 0 Å². The molecule has 0 saturated carbocycles. The molecule has 0 radical (unpaired) electrons. The second-order valence-corrected chi connectivity index (χ2v) is 17.8. The molecule has 6 rings (SSSR count). The summed E-state index contributed by atoms with van der Waals surface area (Å²) in [6.45, 7) is 7.24. The van der Waals surface area contributed by atoms with Crippen LogP contribution in [-0.4, -0.2) is 89.0 Å². The molecule has 1 heterocycles. The molecule has 1 aliphatic rings. The fourth-order valence-electron chi connectivity index (χ4n) is 6.69. The number of carbonyl (C=O) groups excluding carboxylic acids is 1. The van der Waals surface area contributed by atoms with Crippen molar-refractivity contribution < 1.29 is 13.2 Å². The van der Waals surface area contributed by atoms with Crippen LogP contribution in [0.5, 0.6) is 0 Å². The highest BCUT2D eigenvalue weighted by molar-refractivity contribution is 7.99. The van der Waals surface area contributed by atoms with Gasteiger partial charge in [-0.3, -0.25) is 9.69 Å². The monoisotopic (exact) mass is 793 g/mol. The molecule has 1 atom stereocenters. The van der Waals surface area contributed by atoms with E-state index in [-0.39, 0.29) is 10.9 Å². The highest BCUT2D eigenvalue weighted by atomic mass is 32.2. The number of carbonyl (C=O) groups is 1. The quantitative estimate of drug-likeness (QED) is 0.0959. The van der Waals surface area contributed by atoms with E-state index in [0.717, 1.165) is 68.4 Å². The summed E-state index contributed by atoms with van der Waals surface area (Å²) in [5.41, 5.74) is 6.80. The minimum Gasteiger partial charge on any atom is -0.381 e. The van der Waals surface area contributed by atoms with Crippen LogP contribution in [0.1, 0.15) is 27.9 Å². The van der Waals surface area contributed by atoms with Gasteiger partial charge in [0, 0.05) is 71.2 Å². The average Bonchev–Trinajstić information content (AvgIpc) is 3.20. The Morgan fingerprint density at radius 1 is 0.818 bits per heavy atom. The second kappa shape index (κ2) is 19.1. The van der Waals surface area contributed by atoms with Crippen molar-refractivity contribution in [1.82, 2.24) is 14.5 Å². The Balaban J connectivity index is 1.02. The van der Waals surface area contributed by atoms with E-state index in [4.69, 9.17) is 0 Å². The number of anilines is 2. The third-order valence-electron chi connectivity index (χ3n) is 9.89. The Bertz CT molecular complexity index is 2120. The summed E-state index contributed by atoms with van der Waals surface area (Å²) in [4.78, 5) is 22.7. The number of thioether (sulfide) groups is 2. The molecule has 55 heavy (non-hydrogen) atoms. The molecular weight excluding hydrogens is 743 g/mol. The summed E-state index contributed by atoms with van der Waals surface area (Å²) in [6, 6.07) is 40.1. The fraction of sp³-hybridized carbons (Fsp3) is 0.295. The van der Waals surface area contributed by atoms with Gasteiger partial charge < -0.3 is 15.1 Å². The minimum absolute atomic E-state index is 0.0537. The zero-order valence-corrected chi connectivity index (χ0v) is 34.5. The first-order chi connectivity index (χ1) is 26.6. The Kier molecular flexibility index (Phi) is 14.0. The van der Waals surface area contributed by atoms with Crippen LogP contribution in [0.25, 0.3) is 11.1 Å². The predicted molar refractivity (Wildman–Crippen MR) is 231 cm³/mol. The first kappa shape index (κ1) is 40.4. The van der Waals surface area contributed by atoms with Crippen molar-refractivity contribution in [2.75, 3.05) is 69.0 Å². The lowest BCUT2D eigenvalue weighted by atomic mass is 9.99. The van der Waals surface area contributed by atoms with Gasteiger partial charge in [0.25, 0.3) is 15.9 Å². The number of amides is 1. The average molecular weight is 794 g/mol. The van der Waals surface area contributed by atoms with Crippen molar-refractivity contribution >= 4 is 50.8 Å². The van der Waals surface area contributed by atoms with E-state index < -0.39 is 15.9 Å². The molecule has 11 heteroatoms. The SMILES string of the molecule is CSc1ccc(-c2ccccc2CN2CCN(c3ccc(C(=O)NS(=O)(=O)c4ccc(N[C@H](CCN(C)C)CSc5ccccc5)c(C)c4)cc3)CC2)cc1. The summed E-state index contributed by atoms with van der Waals surface area (Å²) in [5, 5.41) is 3.64. The molecule has 288 valence electrons. The molecule has 2 N–H and O–H groups in total. The Morgan fingerprint density at radius 2 is 1.51 bits per heavy atom. The summed E-state index contributed by atoms with van der Waals surface area (Å²) >= 11 is 3.55. The highest BCUT2D eigenvalue weighted by Gasteiger charge is 2.22. The Morgan fingerprint density at radius 3 is 2.18 bits per heavy atom. The van der Waals surface area contributed by atoms with E-state index in [1.807, 2.05) is 37.3 Å². The first-order valence-electron chi connectivity index (χ1n) is 18.6. The van der Waals surface area contributed by atoms with Crippen LogP contribution in [0.2, 0.25) is 0 Å². The summed E-state index contributed by atoms with van der Waals surface area (Å²) < 4.78 is 29.0. The number of aryl methyl sites for hydroxylation is 1. The fourth-order valence-corrected chi connectivity index (χ4v) is 9.15. The molecule has 1 amide bonds. The van der Waals surface area contributed by atoms with Gasteiger partial charge in [-0.05, 0) is 129 Å². The van der Waals surface area contributed by atoms with Crippen LogP contribution >= 0.6 is 23.5 Å². The van der Waals surface area contributed by atoms with Crippen molar-refractivity contribution in [1.29, 1.82) is 0 Å². The summed E-state index contributed by atoms with van der Waals surface area (Å²) in [5.74, 6) is 0.214. The van der Waals surface area contributed by atoms with Crippen LogP contribution in [0.3, 0.4) is 0 Å². The lowest BCUT2D eigenvalue weighted by Crippen LogP contribution is -2.46. The molecule has 5 aromatic carbocycles. The van der Waals surface area contributed by atoms with Crippen molar-refractivity contribution in [3.8, 4) is 11.1 Å². The zero-order chi connectivity index (χ0) is 38.8. The number of benzene rings is 5. The molecule has 0 unspecified atom stereocenters. The number of nitrogens with one attached hydrogen (secondary N) is 2. The van der Waals surface area contributed by atoms with Gasteiger partial charge in [0.05, 0.1) is 4.90 Å². The molecule has 8 nitrogen and oxygen atoms in total. The number of nitrogens with zero attached hydrogens (tertiary/aromatic N) is 3. The number of hydrogen-bond acceptors (Lipinski definition) is 9. The topological polar surface area (TPSA) is 85.0 Å². The van der Waals surface area contributed by atoms with Crippen LogP contribution in [0, 0.1) is 6.92 Å². The maximum atomic E-state index is 13.4. The number of hydrogen-bond donors (Lipinski definition) is 2. The van der Waals surface area contributed by atoms with Gasteiger partial charge in [-0.15, -0.1) is 23.5 Å². The van der Waals surface area contributed by atoms with E-state index in [1.54, 1.807) is 53.9 Å². The summed E-state index contributed by atoms with van der Waals surface area (Å²) in [6.07, 6.45) is 3.03. The molecule has 0 aliphatic carbocycles. The van der Waals surface area contributed by atoms with Crippen LogP contribution in [-0.2, 0) is 16.6 Å². The van der Waals surface area contributed by atoms with Crippen LogP contribution < -0.4 is 14.9 Å². The highest BCUT2D eigenvalue weighted by Crippen LogP contribution is 2.29. The standard InChI is InChI=1S/C44H51N5O3S3/c1-33-30-41(22-23-43(33)45-37(24-25-47(2)3)32-54-40-11-6-5-7-12-40)55(51,52)46-44(50)35-14-18-38(19-15-35)49-28-26-48(27-29-49)31-36-10-8-9-13-42(36)34-16-20-39(53-4)21-17-34/h5-23,30,37,45H,24-29,31-32H2,1-4H3,(H,46,50)/t37-/m1/s1. The largest absolute Gasteiger partial charge is 0.381 e. The molecule has 0 bridgehead atoms. The van der Waals surface area contributed by atoms with Gasteiger partial charge >= 0.3 is 0 Å². The normalized spacial score (nSPS) is 14.2. The van der Waals surface area contributed by atoms with Gasteiger partial charge in [0.1, 0.15) is 0 Å². The van der Waals surface area contributed by atoms with Gasteiger partial charge in [0.15, 0.2) is 0 Å². The van der Waals surface area contributed by atoms with Gasteiger partial charge in [0.2, 0.25) is 0 Å². The van der Waals surface area contributed by atoms with Crippen LogP contribution in [0.15, 0.2) is 136 Å². The zero-order valence-electron chi connectivity index (χ0n) is 32.1. The summed E-state index contributed by atoms with van der Waals surface area (Å²) in [7, 11) is 0.0380.